The first kappa shape index (κ1) is 13.7. The minimum atomic E-state index is -0.0949. The number of hydrogen-bond acceptors (Lipinski definition) is 4. The Morgan fingerprint density at radius 2 is 2.10 bits per heavy atom. The summed E-state index contributed by atoms with van der Waals surface area (Å²) in [5.41, 5.74) is 1.59. The lowest BCUT2D eigenvalue weighted by Gasteiger charge is -2.36. The Hall–Kier alpha value is -1.28. The Balaban J connectivity index is 1.79. The van der Waals surface area contributed by atoms with Crippen molar-refractivity contribution in [3.8, 4) is 6.07 Å². The van der Waals surface area contributed by atoms with Gasteiger partial charge < -0.3 is 14.4 Å². The van der Waals surface area contributed by atoms with Gasteiger partial charge in [0, 0.05) is 24.0 Å². The molecule has 0 radical (unpaired) electrons. The summed E-state index contributed by atoms with van der Waals surface area (Å²) in [4.78, 5) is 2.23. The van der Waals surface area contributed by atoms with Crippen LogP contribution in [0.5, 0.6) is 0 Å². The third-order valence-corrected chi connectivity index (χ3v) is 4.15. The molecule has 20 heavy (non-hydrogen) atoms. The number of nitrogens with zero attached hydrogens (tertiary/aromatic N) is 2. The molecule has 5 heteroatoms. The van der Waals surface area contributed by atoms with Crippen LogP contribution in [0.25, 0.3) is 0 Å². The van der Waals surface area contributed by atoms with Gasteiger partial charge in [-0.25, -0.2) is 0 Å². The quantitative estimate of drug-likeness (QED) is 0.841. The van der Waals surface area contributed by atoms with Crippen LogP contribution >= 0.6 is 11.6 Å². The summed E-state index contributed by atoms with van der Waals surface area (Å²) in [6.45, 7) is 3.15. The summed E-state index contributed by atoms with van der Waals surface area (Å²) in [7, 11) is 0. The predicted octanol–water partition coefficient (Wildman–Crippen LogP) is 2.80. The minimum absolute atomic E-state index is 0.0949. The van der Waals surface area contributed by atoms with Gasteiger partial charge in [-0.2, -0.15) is 5.26 Å². The van der Waals surface area contributed by atoms with Crippen LogP contribution in [0.3, 0.4) is 0 Å². The van der Waals surface area contributed by atoms with Crippen LogP contribution in [-0.4, -0.2) is 32.6 Å². The number of nitriles is 1. The number of rotatable bonds is 2. The Kier molecular flexibility index (Phi) is 4.11. The molecule has 2 aliphatic heterocycles. The highest BCUT2D eigenvalue weighted by Crippen LogP contribution is 2.31. The van der Waals surface area contributed by atoms with Gasteiger partial charge in [0.25, 0.3) is 0 Å². The van der Waals surface area contributed by atoms with Gasteiger partial charge in [-0.3, -0.25) is 0 Å². The number of benzene rings is 1. The lowest BCUT2D eigenvalue weighted by atomic mass is 9.96. The third kappa shape index (κ3) is 2.76. The van der Waals surface area contributed by atoms with Crippen molar-refractivity contribution in [3.05, 3.63) is 28.8 Å². The van der Waals surface area contributed by atoms with Gasteiger partial charge in [0.05, 0.1) is 24.5 Å². The smallest absolute Gasteiger partial charge is 0.162 e. The van der Waals surface area contributed by atoms with Crippen molar-refractivity contribution in [2.24, 2.45) is 5.92 Å². The van der Waals surface area contributed by atoms with Gasteiger partial charge in [-0.05, 0) is 31.0 Å². The highest BCUT2D eigenvalue weighted by atomic mass is 35.5. The lowest BCUT2D eigenvalue weighted by molar-refractivity contribution is -0.0858. The van der Waals surface area contributed by atoms with Gasteiger partial charge in [0.15, 0.2) is 6.29 Å². The SMILES string of the molecule is N#Cc1ccc(Cl)cc1N1CCCC(C2OCCO2)C1. The van der Waals surface area contributed by atoms with E-state index in [9.17, 15) is 5.26 Å². The average molecular weight is 293 g/mol. The minimum Gasteiger partial charge on any atom is -0.370 e. The van der Waals surface area contributed by atoms with Gasteiger partial charge in [-0.1, -0.05) is 11.6 Å². The summed E-state index contributed by atoms with van der Waals surface area (Å²) >= 11 is 6.07. The van der Waals surface area contributed by atoms with Crippen molar-refractivity contribution in [3.63, 3.8) is 0 Å². The van der Waals surface area contributed by atoms with Crippen molar-refractivity contribution in [2.75, 3.05) is 31.2 Å². The van der Waals surface area contributed by atoms with E-state index in [1.165, 1.54) is 0 Å². The van der Waals surface area contributed by atoms with Gasteiger partial charge in [0.2, 0.25) is 0 Å². The van der Waals surface area contributed by atoms with E-state index >= 15 is 0 Å². The second-order valence-electron chi connectivity index (χ2n) is 5.23. The Morgan fingerprint density at radius 1 is 1.30 bits per heavy atom. The molecule has 4 nitrogen and oxygen atoms in total. The molecule has 0 amide bonds. The molecular formula is C15H17ClN2O2. The lowest BCUT2D eigenvalue weighted by Crippen LogP contribution is -2.41. The molecule has 0 saturated carbocycles. The summed E-state index contributed by atoms with van der Waals surface area (Å²) in [6, 6.07) is 7.66. The maximum atomic E-state index is 9.25. The van der Waals surface area contributed by atoms with Crippen LogP contribution in [0.2, 0.25) is 5.02 Å². The van der Waals surface area contributed by atoms with Gasteiger partial charge in [0.1, 0.15) is 6.07 Å². The Bertz CT molecular complexity index is 523. The van der Waals surface area contributed by atoms with Crippen LogP contribution in [0, 0.1) is 17.2 Å². The molecule has 0 spiro atoms. The summed E-state index contributed by atoms with van der Waals surface area (Å²) in [5.74, 6) is 0.358. The fraction of sp³-hybridized carbons (Fsp3) is 0.533. The number of ether oxygens (including phenoxy) is 2. The van der Waals surface area contributed by atoms with Crippen LogP contribution in [0.15, 0.2) is 18.2 Å². The van der Waals surface area contributed by atoms with Crippen LogP contribution in [0.4, 0.5) is 5.69 Å². The van der Waals surface area contributed by atoms with E-state index in [2.05, 4.69) is 11.0 Å². The van der Waals surface area contributed by atoms with Gasteiger partial charge >= 0.3 is 0 Å². The van der Waals surface area contributed by atoms with Crippen molar-refractivity contribution in [1.82, 2.24) is 0 Å². The van der Waals surface area contributed by atoms with Crippen molar-refractivity contribution in [2.45, 2.75) is 19.1 Å². The molecule has 0 N–H and O–H groups in total. The number of halogens is 1. The first-order valence-corrected chi connectivity index (χ1v) is 7.33. The van der Waals surface area contributed by atoms with Crippen LogP contribution < -0.4 is 4.90 Å². The number of anilines is 1. The maximum Gasteiger partial charge on any atom is 0.162 e. The molecule has 2 saturated heterocycles. The molecule has 1 aromatic rings. The molecule has 1 atom stereocenters. The third-order valence-electron chi connectivity index (χ3n) is 3.91. The van der Waals surface area contributed by atoms with E-state index in [1.54, 1.807) is 12.1 Å². The molecule has 2 aliphatic rings. The molecule has 3 rings (SSSR count). The molecule has 2 heterocycles. The van der Waals surface area contributed by atoms with E-state index in [-0.39, 0.29) is 6.29 Å². The maximum absolute atomic E-state index is 9.25. The monoisotopic (exact) mass is 292 g/mol. The fourth-order valence-electron chi connectivity index (χ4n) is 2.96. The van der Waals surface area contributed by atoms with Crippen LogP contribution in [-0.2, 0) is 9.47 Å². The molecule has 2 fully saturated rings. The molecule has 106 valence electrons. The molecule has 0 aliphatic carbocycles. The topological polar surface area (TPSA) is 45.5 Å². The van der Waals surface area contributed by atoms with E-state index in [0.29, 0.717) is 29.7 Å². The first-order chi connectivity index (χ1) is 9.78. The fourth-order valence-corrected chi connectivity index (χ4v) is 3.13. The zero-order valence-corrected chi connectivity index (χ0v) is 12.0. The zero-order valence-electron chi connectivity index (χ0n) is 11.2. The second-order valence-corrected chi connectivity index (χ2v) is 5.67. The van der Waals surface area contributed by atoms with Crippen molar-refractivity contribution >= 4 is 17.3 Å². The summed E-state index contributed by atoms with van der Waals surface area (Å²) in [5, 5.41) is 9.91. The Labute approximate surface area is 123 Å². The standard InChI is InChI=1S/C15H17ClN2O2/c16-13-4-3-11(9-17)14(8-13)18-5-1-2-12(10-18)15-19-6-7-20-15/h3-4,8,12,15H,1-2,5-7,10H2. The molecule has 0 aromatic heterocycles. The average Bonchev–Trinajstić information content (AvgIpc) is 3.01. The van der Waals surface area contributed by atoms with Crippen molar-refractivity contribution in [1.29, 1.82) is 5.26 Å². The first-order valence-electron chi connectivity index (χ1n) is 6.96. The summed E-state index contributed by atoms with van der Waals surface area (Å²) < 4.78 is 11.2. The highest BCUT2D eigenvalue weighted by Gasteiger charge is 2.31. The highest BCUT2D eigenvalue weighted by molar-refractivity contribution is 6.30. The normalized spacial score (nSPS) is 23.8. The molecule has 1 aromatic carbocycles. The van der Waals surface area contributed by atoms with E-state index in [0.717, 1.165) is 31.6 Å². The molecule has 0 bridgehead atoms. The van der Waals surface area contributed by atoms with E-state index < -0.39 is 0 Å². The predicted molar refractivity (Wildman–Crippen MR) is 76.8 cm³/mol. The largest absolute Gasteiger partial charge is 0.370 e. The Morgan fingerprint density at radius 3 is 2.85 bits per heavy atom. The summed E-state index contributed by atoms with van der Waals surface area (Å²) in [6.07, 6.45) is 2.08. The number of hydrogen-bond donors (Lipinski definition) is 0. The molecular weight excluding hydrogens is 276 g/mol. The van der Waals surface area contributed by atoms with Crippen molar-refractivity contribution < 1.29 is 9.47 Å². The van der Waals surface area contributed by atoms with Crippen LogP contribution in [0.1, 0.15) is 18.4 Å². The van der Waals surface area contributed by atoms with Gasteiger partial charge in [-0.15, -0.1) is 0 Å². The number of piperidine rings is 1. The molecule has 1 unspecified atom stereocenters. The van der Waals surface area contributed by atoms with E-state index in [4.69, 9.17) is 21.1 Å². The van der Waals surface area contributed by atoms with E-state index in [1.807, 2.05) is 6.07 Å². The second kappa shape index (κ2) is 6.01. The zero-order chi connectivity index (χ0) is 13.9.